The first-order chi connectivity index (χ1) is 8.82. The third-order valence-corrected chi connectivity index (χ3v) is 2.78. The first-order valence-corrected chi connectivity index (χ1v) is 6.15. The van der Waals surface area contributed by atoms with Crippen molar-refractivity contribution in [3.8, 4) is 0 Å². The number of rotatable bonds is 3. The van der Waals surface area contributed by atoms with Crippen LogP contribution in [0.15, 0.2) is 18.2 Å². The van der Waals surface area contributed by atoms with Gasteiger partial charge in [-0.2, -0.15) is 0 Å². The minimum atomic E-state index is -0.727. The monoisotopic (exact) mass is 279 g/mol. The first kappa shape index (κ1) is 15.1. The fraction of sp³-hybridized carbons (Fsp3) is 0.308. The third-order valence-electron chi connectivity index (χ3n) is 2.64. The molecule has 0 spiro atoms. The van der Waals surface area contributed by atoms with Crippen molar-refractivity contribution in [2.75, 3.05) is 18.5 Å². The summed E-state index contributed by atoms with van der Waals surface area (Å²) < 4.78 is 0. The lowest BCUT2D eigenvalue weighted by Gasteiger charge is -2.19. The molecule has 0 fully saturated rings. The predicted molar refractivity (Wildman–Crippen MR) is 79.1 cm³/mol. The third kappa shape index (κ3) is 4.03. The fourth-order valence-electron chi connectivity index (χ4n) is 1.69. The SMILES string of the molecule is Cc1ccc(N(C)C(=O)C(=O)NCC(N)=S)c(C)c1. The Labute approximate surface area is 117 Å². The van der Waals surface area contributed by atoms with Crippen molar-refractivity contribution in [1.29, 1.82) is 0 Å². The van der Waals surface area contributed by atoms with Crippen LogP contribution in [0.2, 0.25) is 0 Å². The molecule has 19 heavy (non-hydrogen) atoms. The van der Waals surface area contributed by atoms with E-state index in [1.807, 2.05) is 32.0 Å². The van der Waals surface area contributed by atoms with E-state index in [0.717, 1.165) is 11.1 Å². The number of nitrogens with one attached hydrogen (secondary N) is 1. The van der Waals surface area contributed by atoms with E-state index in [0.29, 0.717) is 5.69 Å². The van der Waals surface area contributed by atoms with Crippen LogP contribution in [-0.2, 0) is 9.59 Å². The number of carbonyl (C=O) groups is 2. The van der Waals surface area contributed by atoms with E-state index < -0.39 is 11.8 Å². The van der Waals surface area contributed by atoms with E-state index in [9.17, 15) is 9.59 Å². The van der Waals surface area contributed by atoms with Gasteiger partial charge in [0.15, 0.2) is 0 Å². The summed E-state index contributed by atoms with van der Waals surface area (Å²) in [5.74, 6) is -1.38. The average molecular weight is 279 g/mol. The van der Waals surface area contributed by atoms with Crippen LogP contribution in [0.3, 0.4) is 0 Å². The Morgan fingerprint density at radius 3 is 2.53 bits per heavy atom. The standard InChI is InChI=1S/C13H17N3O2S/c1-8-4-5-10(9(2)6-8)16(3)13(18)12(17)15-7-11(14)19/h4-6H,7H2,1-3H3,(H2,14,19)(H,15,17). The molecular formula is C13H17N3O2S. The molecule has 0 radical (unpaired) electrons. The number of thiocarbonyl (C=S) groups is 1. The normalized spacial score (nSPS) is 9.84. The van der Waals surface area contributed by atoms with Crippen molar-refractivity contribution in [1.82, 2.24) is 5.32 Å². The Balaban J connectivity index is 2.81. The van der Waals surface area contributed by atoms with Gasteiger partial charge in [0.05, 0.1) is 11.5 Å². The van der Waals surface area contributed by atoms with Gasteiger partial charge in [-0.1, -0.05) is 29.9 Å². The minimum Gasteiger partial charge on any atom is -0.392 e. The van der Waals surface area contributed by atoms with E-state index in [-0.39, 0.29) is 11.5 Å². The quantitative estimate of drug-likeness (QED) is 0.630. The van der Waals surface area contributed by atoms with Crippen LogP contribution in [0.5, 0.6) is 0 Å². The van der Waals surface area contributed by atoms with Crippen LogP contribution in [0.25, 0.3) is 0 Å². The minimum absolute atomic E-state index is 0.0145. The van der Waals surface area contributed by atoms with E-state index in [4.69, 9.17) is 5.73 Å². The molecule has 2 amide bonds. The van der Waals surface area contributed by atoms with Crippen molar-refractivity contribution in [3.63, 3.8) is 0 Å². The fourth-order valence-corrected chi connectivity index (χ4v) is 1.76. The number of benzene rings is 1. The van der Waals surface area contributed by atoms with Gasteiger partial charge < -0.3 is 16.0 Å². The molecule has 0 unspecified atom stereocenters. The van der Waals surface area contributed by atoms with E-state index in [1.165, 1.54) is 4.90 Å². The summed E-state index contributed by atoms with van der Waals surface area (Å²) in [6.45, 7) is 3.87. The lowest BCUT2D eigenvalue weighted by atomic mass is 10.1. The number of amides is 2. The molecule has 0 atom stereocenters. The summed E-state index contributed by atoms with van der Waals surface area (Å²) in [5.41, 5.74) is 7.98. The number of carbonyl (C=O) groups excluding carboxylic acids is 2. The second-order valence-electron chi connectivity index (χ2n) is 4.30. The lowest BCUT2D eigenvalue weighted by molar-refractivity contribution is -0.137. The zero-order valence-corrected chi connectivity index (χ0v) is 12.0. The molecule has 102 valence electrons. The van der Waals surface area contributed by atoms with E-state index in [1.54, 1.807) is 7.05 Å². The molecule has 0 bridgehead atoms. The van der Waals surface area contributed by atoms with Gasteiger partial charge in [-0.25, -0.2) is 0 Å². The molecular weight excluding hydrogens is 262 g/mol. The summed E-state index contributed by atoms with van der Waals surface area (Å²) in [5, 5.41) is 2.37. The molecule has 1 aromatic rings. The summed E-state index contributed by atoms with van der Waals surface area (Å²) >= 11 is 4.63. The van der Waals surface area contributed by atoms with Crippen LogP contribution < -0.4 is 16.0 Å². The number of aryl methyl sites for hydroxylation is 2. The number of hydrogen-bond donors (Lipinski definition) is 2. The Morgan fingerprint density at radius 2 is 2.00 bits per heavy atom. The molecule has 0 heterocycles. The lowest BCUT2D eigenvalue weighted by Crippen LogP contribution is -2.43. The maximum atomic E-state index is 11.9. The largest absolute Gasteiger partial charge is 0.392 e. The second-order valence-corrected chi connectivity index (χ2v) is 4.83. The molecule has 0 aromatic heterocycles. The van der Waals surface area contributed by atoms with E-state index in [2.05, 4.69) is 17.5 Å². The summed E-state index contributed by atoms with van der Waals surface area (Å²) in [6.07, 6.45) is 0. The van der Waals surface area contributed by atoms with E-state index >= 15 is 0 Å². The topological polar surface area (TPSA) is 75.4 Å². The molecule has 0 saturated carbocycles. The van der Waals surface area contributed by atoms with Crippen molar-refractivity contribution >= 4 is 34.7 Å². The highest BCUT2D eigenvalue weighted by Gasteiger charge is 2.20. The zero-order valence-electron chi connectivity index (χ0n) is 11.2. The van der Waals surface area contributed by atoms with Gasteiger partial charge in [-0.15, -0.1) is 0 Å². The summed E-state index contributed by atoms with van der Waals surface area (Å²) in [6, 6.07) is 5.65. The Kier molecular flexibility index (Phi) is 5.00. The van der Waals surface area contributed by atoms with Crippen molar-refractivity contribution in [2.24, 2.45) is 5.73 Å². The number of hydrogen-bond acceptors (Lipinski definition) is 3. The van der Waals surface area contributed by atoms with Crippen LogP contribution in [0.4, 0.5) is 5.69 Å². The molecule has 0 aliphatic carbocycles. The van der Waals surface area contributed by atoms with Gasteiger partial charge in [0.1, 0.15) is 0 Å². The van der Waals surface area contributed by atoms with Gasteiger partial charge in [-0.05, 0) is 25.5 Å². The molecule has 3 N–H and O–H groups in total. The van der Waals surface area contributed by atoms with Crippen molar-refractivity contribution in [3.05, 3.63) is 29.3 Å². The van der Waals surface area contributed by atoms with Gasteiger partial charge in [0, 0.05) is 12.7 Å². The highest BCUT2D eigenvalue weighted by Crippen LogP contribution is 2.19. The van der Waals surface area contributed by atoms with Crippen molar-refractivity contribution in [2.45, 2.75) is 13.8 Å². The highest BCUT2D eigenvalue weighted by molar-refractivity contribution is 7.80. The smallest absolute Gasteiger partial charge is 0.316 e. The second kappa shape index (κ2) is 6.29. The van der Waals surface area contributed by atoms with Crippen LogP contribution in [0, 0.1) is 13.8 Å². The number of anilines is 1. The van der Waals surface area contributed by atoms with Crippen molar-refractivity contribution < 1.29 is 9.59 Å². The maximum absolute atomic E-state index is 11.9. The van der Waals surface area contributed by atoms with Gasteiger partial charge in [0.25, 0.3) is 0 Å². The van der Waals surface area contributed by atoms with Crippen LogP contribution in [-0.4, -0.2) is 30.4 Å². The Hall–Kier alpha value is -1.95. The average Bonchev–Trinajstić information content (AvgIpc) is 2.34. The van der Waals surface area contributed by atoms with Gasteiger partial charge >= 0.3 is 11.8 Å². The number of nitrogens with two attached hydrogens (primary N) is 1. The molecule has 0 aliphatic rings. The van der Waals surface area contributed by atoms with Crippen LogP contribution >= 0.6 is 12.2 Å². The van der Waals surface area contributed by atoms with Gasteiger partial charge in [0.2, 0.25) is 0 Å². The Bertz CT molecular complexity index is 529. The molecule has 1 aromatic carbocycles. The number of nitrogens with zero attached hydrogens (tertiary/aromatic N) is 1. The predicted octanol–water partition coefficient (Wildman–Crippen LogP) is 0.669. The molecule has 6 heteroatoms. The molecule has 5 nitrogen and oxygen atoms in total. The number of likely N-dealkylation sites (N-methyl/N-ethyl adjacent to an activating group) is 1. The maximum Gasteiger partial charge on any atom is 0.316 e. The molecule has 1 rings (SSSR count). The molecule has 0 aliphatic heterocycles. The first-order valence-electron chi connectivity index (χ1n) is 5.74. The summed E-state index contributed by atoms with van der Waals surface area (Å²) in [4.78, 5) is 25.0. The zero-order chi connectivity index (χ0) is 14.6. The van der Waals surface area contributed by atoms with Gasteiger partial charge in [-0.3, -0.25) is 9.59 Å². The highest BCUT2D eigenvalue weighted by atomic mass is 32.1. The molecule has 0 saturated heterocycles. The Morgan fingerprint density at radius 1 is 1.37 bits per heavy atom. The van der Waals surface area contributed by atoms with Crippen LogP contribution in [0.1, 0.15) is 11.1 Å². The summed E-state index contributed by atoms with van der Waals surface area (Å²) in [7, 11) is 1.56.